The van der Waals surface area contributed by atoms with E-state index in [0.717, 1.165) is 29.5 Å². The number of amides is 1. The molecule has 32 heavy (non-hydrogen) atoms. The number of aromatic nitrogens is 4. The second-order valence-electron chi connectivity index (χ2n) is 6.98. The van der Waals surface area contributed by atoms with Crippen LogP contribution in [0.25, 0.3) is 16.7 Å². The van der Waals surface area contributed by atoms with Gasteiger partial charge in [-0.15, -0.1) is 0 Å². The normalized spacial score (nSPS) is 11.2. The average molecular weight is 475 g/mol. The Balaban J connectivity index is 1.70. The number of rotatable bonds is 5. The van der Waals surface area contributed by atoms with Gasteiger partial charge in [-0.25, -0.2) is 13.8 Å². The third-order valence-electron chi connectivity index (χ3n) is 4.80. The van der Waals surface area contributed by atoms with Gasteiger partial charge in [-0.2, -0.15) is 5.10 Å². The number of aryl methyl sites for hydroxylation is 1. The van der Waals surface area contributed by atoms with Crippen molar-refractivity contribution in [2.45, 2.75) is 19.0 Å². The van der Waals surface area contributed by atoms with E-state index in [-0.39, 0.29) is 16.9 Å². The molecule has 0 radical (unpaired) electrons. The fraction of sp³-hybridized carbons (Fsp3) is 0.143. The molecule has 11 heteroatoms. The van der Waals surface area contributed by atoms with Crippen LogP contribution in [0.15, 0.2) is 41.6 Å². The second kappa shape index (κ2) is 8.71. The second-order valence-corrected chi connectivity index (χ2v) is 8.33. The number of halogens is 3. The molecule has 2 heterocycles. The van der Waals surface area contributed by atoms with Crippen LogP contribution >= 0.6 is 23.4 Å². The van der Waals surface area contributed by atoms with Gasteiger partial charge in [0.25, 0.3) is 0 Å². The Morgan fingerprint density at radius 1 is 1.25 bits per heavy atom. The first-order valence-electron chi connectivity index (χ1n) is 9.41. The van der Waals surface area contributed by atoms with Crippen LogP contribution in [0, 0.1) is 30.9 Å². The number of fused-ring (bicyclic) bond motifs is 1. The molecule has 0 atom stereocenters. The summed E-state index contributed by atoms with van der Waals surface area (Å²) in [6, 6.07) is 8.46. The van der Waals surface area contributed by atoms with Crippen LogP contribution in [0.1, 0.15) is 11.3 Å². The first-order valence-corrected chi connectivity index (χ1v) is 10.8. The minimum Gasteiger partial charge on any atom is -0.325 e. The van der Waals surface area contributed by atoms with E-state index >= 15 is 0 Å². The molecule has 7 nitrogen and oxygen atoms in total. The van der Waals surface area contributed by atoms with Gasteiger partial charge in [0.2, 0.25) is 5.91 Å². The van der Waals surface area contributed by atoms with Crippen LogP contribution in [-0.4, -0.2) is 31.4 Å². The van der Waals surface area contributed by atoms with Crippen LogP contribution in [0.2, 0.25) is 5.02 Å². The molecule has 0 aliphatic rings. The highest BCUT2D eigenvalue weighted by atomic mass is 35.5. The summed E-state index contributed by atoms with van der Waals surface area (Å²) in [5, 5.41) is 19.7. The quantitative estimate of drug-likeness (QED) is 0.293. The molecule has 0 spiro atoms. The molecule has 0 fully saturated rings. The number of hydrogen-bond acceptors (Lipinski definition) is 5. The van der Waals surface area contributed by atoms with Crippen molar-refractivity contribution in [3.8, 4) is 5.69 Å². The number of nitrogens with one attached hydrogen (secondary N) is 3. The van der Waals surface area contributed by atoms with Gasteiger partial charge in [0.05, 0.1) is 16.8 Å². The topological polar surface area (TPSA) is 99.4 Å². The number of anilines is 1. The summed E-state index contributed by atoms with van der Waals surface area (Å²) in [6.07, 6.45) is 0. The van der Waals surface area contributed by atoms with Gasteiger partial charge in [0, 0.05) is 22.5 Å². The average Bonchev–Trinajstić information content (AvgIpc) is 3.12. The summed E-state index contributed by atoms with van der Waals surface area (Å²) in [5.41, 5.74) is 2.74. The largest absolute Gasteiger partial charge is 0.325 e. The van der Waals surface area contributed by atoms with E-state index in [1.807, 2.05) is 13.0 Å². The van der Waals surface area contributed by atoms with Crippen molar-refractivity contribution in [2.75, 3.05) is 11.1 Å². The first kappa shape index (κ1) is 22.0. The maximum atomic E-state index is 13.4. The number of thioether (sulfide) groups is 1. The minimum atomic E-state index is -1.05. The highest BCUT2D eigenvalue weighted by molar-refractivity contribution is 7.99. The Hall–Kier alpha value is -3.24. The minimum absolute atomic E-state index is 0.0834. The van der Waals surface area contributed by atoms with E-state index in [1.54, 1.807) is 23.6 Å². The zero-order chi connectivity index (χ0) is 23.0. The van der Waals surface area contributed by atoms with Gasteiger partial charge in [0.15, 0.2) is 22.4 Å². The Bertz CT molecular complexity index is 1420. The standard InChI is InChI=1S/C21H17ClF2N6OS/c1-10-13(22)4-3-5-16(10)30-19(25)18-11(2)28-29-20(18)27-21(30)32-9-17(31)26-12-6-7-14(23)15(24)8-12/h3-8,25H,9H2,1-2H3,(H,26,31)(H,28,29). The molecule has 2 aromatic carbocycles. The molecule has 0 aliphatic carbocycles. The van der Waals surface area contributed by atoms with E-state index in [1.165, 1.54) is 6.07 Å². The van der Waals surface area contributed by atoms with Gasteiger partial charge >= 0.3 is 0 Å². The Kier molecular flexibility index (Phi) is 5.98. The smallest absolute Gasteiger partial charge is 0.234 e. The van der Waals surface area contributed by atoms with Crippen LogP contribution in [-0.2, 0) is 4.79 Å². The lowest BCUT2D eigenvalue weighted by molar-refractivity contribution is -0.113. The van der Waals surface area contributed by atoms with Crippen molar-refractivity contribution in [1.29, 1.82) is 5.41 Å². The van der Waals surface area contributed by atoms with Crippen molar-refractivity contribution in [3.05, 3.63) is 69.8 Å². The van der Waals surface area contributed by atoms with Gasteiger partial charge in [-0.05, 0) is 43.7 Å². The fourth-order valence-electron chi connectivity index (χ4n) is 3.19. The van der Waals surface area contributed by atoms with E-state index < -0.39 is 17.5 Å². The van der Waals surface area contributed by atoms with E-state index in [0.29, 0.717) is 32.6 Å². The highest BCUT2D eigenvalue weighted by Crippen LogP contribution is 2.27. The molecule has 2 aromatic heterocycles. The third kappa shape index (κ3) is 4.11. The van der Waals surface area contributed by atoms with Gasteiger partial charge < -0.3 is 5.32 Å². The van der Waals surface area contributed by atoms with E-state index in [2.05, 4.69) is 20.5 Å². The third-order valence-corrected chi connectivity index (χ3v) is 6.15. The lowest BCUT2D eigenvalue weighted by Gasteiger charge is -2.16. The van der Waals surface area contributed by atoms with Crippen LogP contribution < -0.4 is 10.8 Å². The molecule has 0 saturated carbocycles. The molecule has 3 N–H and O–H groups in total. The predicted molar refractivity (Wildman–Crippen MR) is 119 cm³/mol. The van der Waals surface area contributed by atoms with Crippen molar-refractivity contribution in [2.24, 2.45) is 0 Å². The zero-order valence-electron chi connectivity index (χ0n) is 17.0. The molecule has 0 saturated heterocycles. The first-order chi connectivity index (χ1) is 15.3. The van der Waals surface area contributed by atoms with Crippen molar-refractivity contribution in [3.63, 3.8) is 0 Å². The monoisotopic (exact) mass is 474 g/mol. The Morgan fingerprint density at radius 2 is 2.03 bits per heavy atom. The molecule has 0 aliphatic heterocycles. The fourth-order valence-corrected chi connectivity index (χ4v) is 4.16. The highest BCUT2D eigenvalue weighted by Gasteiger charge is 2.18. The SMILES string of the molecule is Cc1c(Cl)cccc1-n1c(SCC(=O)Nc2ccc(F)c(F)c2)nc2n[nH]c(C)c2c1=N. The van der Waals surface area contributed by atoms with Crippen LogP contribution in [0.5, 0.6) is 0 Å². The number of nitrogens with zero attached hydrogens (tertiary/aromatic N) is 3. The number of carbonyl (C=O) groups is 1. The summed E-state index contributed by atoms with van der Waals surface area (Å²) >= 11 is 7.38. The van der Waals surface area contributed by atoms with E-state index in [4.69, 9.17) is 17.0 Å². The molecule has 1 amide bonds. The maximum Gasteiger partial charge on any atom is 0.234 e. The molecule has 4 rings (SSSR count). The van der Waals surface area contributed by atoms with Gasteiger partial charge in [0.1, 0.15) is 5.49 Å². The van der Waals surface area contributed by atoms with Gasteiger partial charge in [-0.1, -0.05) is 29.4 Å². The lowest BCUT2D eigenvalue weighted by atomic mass is 10.2. The molecule has 4 aromatic rings. The molecular weight excluding hydrogens is 458 g/mol. The van der Waals surface area contributed by atoms with E-state index in [9.17, 15) is 13.6 Å². The Labute approximate surface area is 190 Å². The number of H-pyrrole nitrogens is 1. The van der Waals surface area contributed by atoms with Crippen molar-refractivity contribution in [1.82, 2.24) is 19.7 Å². The summed E-state index contributed by atoms with van der Waals surface area (Å²) in [7, 11) is 0. The summed E-state index contributed by atoms with van der Waals surface area (Å²) in [4.78, 5) is 17.0. The van der Waals surface area contributed by atoms with Crippen molar-refractivity contribution < 1.29 is 13.6 Å². The van der Waals surface area contributed by atoms with Gasteiger partial charge in [-0.3, -0.25) is 19.9 Å². The Morgan fingerprint density at radius 3 is 2.78 bits per heavy atom. The number of aromatic amines is 1. The molecule has 0 unspecified atom stereocenters. The summed E-state index contributed by atoms with van der Waals surface area (Å²) < 4.78 is 28.1. The number of hydrogen-bond donors (Lipinski definition) is 3. The molecular formula is C21H17ClF2N6OS. The summed E-state index contributed by atoms with van der Waals surface area (Å²) in [5.74, 6) is -2.57. The van der Waals surface area contributed by atoms with Crippen LogP contribution in [0.3, 0.4) is 0 Å². The zero-order valence-corrected chi connectivity index (χ0v) is 18.5. The van der Waals surface area contributed by atoms with Crippen LogP contribution in [0.4, 0.5) is 14.5 Å². The number of carbonyl (C=O) groups excluding carboxylic acids is 1. The lowest BCUT2D eigenvalue weighted by Crippen LogP contribution is -2.24. The molecule has 164 valence electrons. The predicted octanol–water partition coefficient (Wildman–Crippen LogP) is 4.51. The summed E-state index contributed by atoms with van der Waals surface area (Å²) in [6.45, 7) is 3.63. The maximum absolute atomic E-state index is 13.4. The molecule has 0 bridgehead atoms. The van der Waals surface area contributed by atoms with Crippen molar-refractivity contribution >= 4 is 46.0 Å². The number of benzene rings is 2.